The molecule has 5 nitrogen and oxygen atoms in total. The summed E-state index contributed by atoms with van der Waals surface area (Å²) in [5.41, 5.74) is 2.32. The smallest absolute Gasteiger partial charge is 0.258 e. The van der Waals surface area contributed by atoms with E-state index < -0.39 is 0 Å². The average Bonchev–Trinajstić information content (AvgIpc) is 3.21. The monoisotopic (exact) mass is 399 g/mol. The molecule has 0 bridgehead atoms. The minimum atomic E-state index is -0.382. The van der Waals surface area contributed by atoms with Crippen LogP contribution >= 0.6 is 11.3 Å². The van der Waals surface area contributed by atoms with Gasteiger partial charge in [0.05, 0.1) is 5.56 Å². The molecule has 4 rings (SSSR count). The number of nitrogens with zero attached hydrogens (tertiary/aromatic N) is 2. The fourth-order valence-electron chi connectivity index (χ4n) is 2.93. The topological polar surface area (TPSA) is 72.0 Å². The fraction of sp³-hybridized carbons (Fsp3) is 0.0435. The number of aromatic nitrogens is 2. The molecule has 0 spiro atoms. The van der Waals surface area contributed by atoms with Crippen molar-refractivity contribution in [2.24, 2.45) is 0 Å². The van der Waals surface area contributed by atoms with Gasteiger partial charge in [-0.05, 0) is 11.6 Å². The SMILES string of the molecule is O=C(Nc1nnc(Cc2ccccc2)s1)c1ccccc1C(=O)c1ccccc1. The highest BCUT2D eigenvalue weighted by atomic mass is 32.1. The average molecular weight is 399 g/mol. The van der Waals surface area contributed by atoms with Gasteiger partial charge in [0.2, 0.25) is 5.13 Å². The zero-order valence-corrected chi connectivity index (χ0v) is 16.2. The maximum absolute atomic E-state index is 12.8. The number of amides is 1. The van der Waals surface area contributed by atoms with Gasteiger partial charge in [-0.3, -0.25) is 14.9 Å². The van der Waals surface area contributed by atoms with Gasteiger partial charge in [0.25, 0.3) is 5.91 Å². The van der Waals surface area contributed by atoms with Gasteiger partial charge in [0.15, 0.2) is 5.78 Å². The van der Waals surface area contributed by atoms with E-state index in [4.69, 9.17) is 0 Å². The van der Waals surface area contributed by atoms with Crippen molar-refractivity contribution in [2.75, 3.05) is 5.32 Å². The molecule has 0 aliphatic rings. The van der Waals surface area contributed by atoms with E-state index in [1.54, 1.807) is 48.5 Å². The summed E-state index contributed by atoms with van der Waals surface area (Å²) in [4.78, 5) is 25.6. The van der Waals surface area contributed by atoms with Gasteiger partial charge in [-0.2, -0.15) is 0 Å². The first-order chi connectivity index (χ1) is 14.2. The molecule has 0 unspecified atom stereocenters. The third-order valence-corrected chi connectivity index (χ3v) is 5.18. The number of carbonyl (C=O) groups excluding carboxylic acids is 2. The molecular weight excluding hydrogens is 382 g/mol. The number of anilines is 1. The van der Waals surface area contributed by atoms with Crippen LogP contribution in [0.4, 0.5) is 5.13 Å². The van der Waals surface area contributed by atoms with E-state index in [0.717, 1.165) is 10.6 Å². The Morgan fingerprint density at radius 2 is 1.38 bits per heavy atom. The summed E-state index contributed by atoms with van der Waals surface area (Å²) >= 11 is 1.32. The summed E-state index contributed by atoms with van der Waals surface area (Å²) in [7, 11) is 0. The Bertz CT molecular complexity index is 1140. The van der Waals surface area contributed by atoms with Crippen LogP contribution in [0.15, 0.2) is 84.9 Å². The number of rotatable bonds is 6. The predicted molar refractivity (Wildman–Crippen MR) is 113 cm³/mol. The van der Waals surface area contributed by atoms with Crippen LogP contribution in [0.1, 0.15) is 36.9 Å². The van der Waals surface area contributed by atoms with E-state index >= 15 is 0 Å². The van der Waals surface area contributed by atoms with Crippen molar-refractivity contribution in [3.05, 3.63) is 112 Å². The van der Waals surface area contributed by atoms with Gasteiger partial charge in [0, 0.05) is 17.5 Å². The fourth-order valence-corrected chi connectivity index (χ4v) is 3.70. The van der Waals surface area contributed by atoms with Crippen molar-refractivity contribution in [3.63, 3.8) is 0 Å². The van der Waals surface area contributed by atoms with Crippen molar-refractivity contribution in [1.29, 1.82) is 0 Å². The maximum Gasteiger partial charge on any atom is 0.258 e. The van der Waals surface area contributed by atoms with Crippen LogP contribution in [-0.4, -0.2) is 21.9 Å². The van der Waals surface area contributed by atoms with Gasteiger partial charge in [-0.25, -0.2) is 0 Å². The van der Waals surface area contributed by atoms with Crippen LogP contribution in [0.25, 0.3) is 0 Å². The normalized spacial score (nSPS) is 10.5. The molecule has 0 atom stereocenters. The molecule has 0 aliphatic carbocycles. The second-order valence-electron chi connectivity index (χ2n) is 6.36. The van der Waals surface area contributed by atoms with Gasteiger partial charge in [0.1, 0.15) is 5.01 Å². The van der Waals surface area contributed by atoms with E-state index in [0.29, 0.717) is 28.2 Å². The molecule has 6 heteroatoms. The molecule has 142 valence electrons. The lowest BCUT2D eigenvalue weighted by Gasteiger charge is -2.08. The minimum Gasteiger partial charge on any atom is -0.296 e. The zero-order chi connectivity index (χ0) is 20.1. The molecular formula is C23H17N3O2S. The summed E-state index contributed by atoms with van der Waals surface area (Å²) in [6, 6.07) is 25.6. The zero-order valence-electron chi connectivity index (χ0n) is 15.4. The van der Waals surface area contributed by atoms with Gasteiger partial charge in [-0.15, -0.1) is 10.2 Å². The van der Waals surface area contributed by atoms with Crippen LogP contribution in [0, 0.1) is 0 Å². The summed E-state index contributed by atoms with van der Waals surface area (Å²) in [6.07, 6.45) is 0.650. The third kappa shape index (κ3) is 4.44. The van der Waals surface area contributed by atoms with Crippen molar-refractivity contribution in [1.82, 2.24) is 10.2 Å². The molecule has 0 aliphatic heterocycles. The van der Waals surface area contributed by atoms with Gasteiger partial charge < -0.3 is 0 Å². The summed E-state index contributed by atoms with van der Waals surface area (Å²) < 4.78 is 0. The maximum atomic E-state index is 12.8. The highest BCUT2D eigenvalue weighted by Crippen LogP contribution is 2.21. The molecule has 1 heterocycles. The molecule has 0 saturated carbocycles. The van der Waals surface area contributed by atoms with E-state index in [1.165, 1.54) is 11.3 Å². The molecule has 0 saturated heterocycles. The molecule has 0 fully saturated rings. The third-order valence-electron chi connectivity index (χ3n) is 4.34. The number of carbonyl (C=O) groups is 2. The standard InChI is InChI=1S/C23H17N3O2S/c27-21(17-11-5-2-6-12-17)18-13-7-8-14-19(18)22(28)24-23-26-25-20(29-23)15-16-9-3-1-4-10-16/h1-14H,15H2,(H,24,26,28). The molecule has 0 radical (unpaired) electrons. The van der Waals surface area contributed by atoms with Crippen molar-refractivity contribution >= 4 is 28.2 Å². The molecule has 3 aromatic carbocycles. The van der Waals surface area contributed by atoms with Crippen LogP contribution in [-0.2, 0) is 6.42 Å². The van der Waals surface area contributed by atoms with Crippen LogP contribution < -0.4 is 5.32 Å². The quantitative estimate of drug-likeness (QED) is 0.481. The lowest BCUT2D eigenvalue weighted by atomic mass is 9.98. The lowest BCUT2D eigenvalue weighted by molar-refractivity contribution is 0.0996. The number of nitrogens with one attached hydrogen (secondary N) is 1. The van der Waals surface area contributed by atoms with Crippen LogP contribution in [0.3, 0.4) is 0 Å². The largest absolute Gasteiger partial charge is 0.296 e. The van der Waals surface area contributed by atoms with Crippen molar-refractivity contribution < 1.29 is 9.59 Å². The number of hydrogen-bond acceptors (Lipinski definition) is 5. The Balaban J connectivity index is 1.52. The van der Waals surface area contributed by atoms with E-state index in [1.807, 2.05) is 36.4 Å². The Morgan fingerprint density at radius 1 is 0.759 bits per heavy atom. The molecule has 1 amide bonds. The highest BCUT2D eigenvalue weighted by Gasteiger charge is 2.19. The lowest BCUT2D eigenvalue weighted by Crippen LogP contribution is -2.16. The Labute approximate surface area is 172 Å². The summed E-state index contributed by atoms with van der Waals surface area (Å²) in [5, 5.41) is 12.2. The van der Waals surface area contributed by atoms with E-state index in [-0.39, 0.29) is 11.7 Å². The molecule has 4 aromatic rings. The molecule has 1 aromatic heterocycles. The number of hydrogen-bond donors (Lipinski definition) is 1. The van der Waals surface area contributed by atoms with Gasteiger partial charge in [-0.1, -0.05) is 90.2 Å². The first-order valence-electron chi connectivity index (χ1n) is 9.07. The minimum absolute atomic E-state index is 0.196. The summed E-state index contributed by atoms with van der Waals surface area (Å²) in [6.45, 7) is 0. The second kappa shape index (κ2) is 8.58. The van der Waals surface area contributed by atoms with Crippen LogP contribution in [0.2, 0.25) is 0 Å². The number of ketones is 1. The highest BCUT2D eigenvalue weighted by molar-refractivity contribution is 7.15. The van der Waals surface area contributed by atoms with Gasteiger partial charge >= 0.3 is 0 Å². The second-order valence-corrected chi connectivity index (χ2v) is 7.42. The molecule has 1 N–H and O–H groups in total. The van der Waals surface area contributed by atoms with Crippen LogP contribution in [0.5, 0.6) is 0 Å². The van der Waals surface area contributed by atoms with E-state index in [2.05, 4.69) is 15.5 Å². The van der Waals surface area contributed by atoms with Crippen molar-refractivity contribution in [2.45, 2.75) is 6.42 Å². The Kier molecular flexibility index (Phi) is 5.54. The Hall–Kier alpha value is -3.64. The Morgan fingerprint density at radius 3 is 2.10 bits per heavy atom. The van der Waals surface area contributed by atoms with Crippen molar-refractivity contribution in [3.8, 4) is 0 Å². The first-order valence-corrected chi connectivity index (χ1v) is 9.89. The molecule has 29 heavy (non-hydrogen) atoms. The number of benzene rings is 3. The summed E-state index contributed by atoms with van der Waals surface area (Å²) in [5.74, 6) is -0.578. The first kappa shape index (κ1) is 18.7. The van der Waals surface area contributed by atoms with E-state index in [9.17, 15) is 9.59 Å². The predicted octanol–water partition coefficient (Wildman–Crippen LogP) is 4.61.